The fourth-order valence-electron chi connectivity index (χ4n) is 3.07. The minimum atomic E-state index is -0.309. The van der Waals surface area contributed by atoms with E-state index in [9.17, 15) is 4.39 Å². The van der Waals surface area contributed by atoms with E-state index in [1.54, 1.807) is 6.07 Å². The van der Waals surface area contributed by atoms with Gasteiger partial charge in [0.25, 0.3) is 0 Å². The van der Waals surface area contributed by atoms with Gasteiger partial charge in [0.05, 0.1) is 23.8 Å². The number of likely N-dealkylation sites (N-methyl/N-ethyl adjacent to an activating group) is 1. The van der Waals surface area contributed by atoms with Crippen molar-refractivity contribution in [3.63, 3.8) is 0 Å². The Balaban J connectivity index is 1.96. The van der Waals surface area contributed by atoms with Gasteiger partial charge in [-0.05, 0) is 26.0 Å². The van der Waals surface area contributed by atoms with Gasteiger partial charge in [-0.25, -0.2) is 4.39 Å². The van der Waals surface area contributed by atoms with Crippen LogP contribution in [0.5, 0.6) is 0 Å². The van der Waals surface area contributed by atoms with Gasteiger partial charge >= 0.3 is 0 Å². The lowest BCUT2D eigenvalue weighted by molar-refractivity contribution is -0.0749. The standard InChI is InChI=1S/C15H20ClFN2O/c1-18-9-13-15(11-3-2-4-12(16)14(11)17)19(7-8-20-13)10-5-6-10/h2-4,10,13,15,18H,5-9H2,1H3. The zero-order valence-corrected chi connectivity index (χ0v) is 12.4. The van der Waals surface area contributed by atoms with Gasteiger partial charge in [0.15, 0.2) is 0 Å². The van der Waals surface area contributed by atoms with Crippen molar-refractivity contribution in [2.24, 2.45) is 0 Å². The van der Waals surface area contributed by atoms with E-state index in [0.29, 0.717) is 24.8 Å². The van der Waals surface area contributed by atoms with Crippen LogP contribution in [0, 0.1) is 5.82 Å². The lowest BCUT2D eigenvalue weighted by Gasteiger charge is -2.42. The van der Waals surface area contributed by atoms with Crippen LogP contribution in [0.4, 0.5) is 4.39 Å². The van der Waals surface area contributed by atoms with Crippen LogP contribution in [-0.4, -0.2) is 43.8 Å². The van der Waals surface area contributed by atoms with Gasteiger partial charge in [-0.1, -0.05) is 23.7 Å². The fraction of sp³-hybridized carbons (Fsp3) is 0.600. The fourth-order valence-corrected chi connectivity index (χ4v) is 3.25. The summed E-state index contributed by atoms with van der Waals surface area (Å²) in [6.07, 6.45) is 2.36. The Morgan fingerprint density at radius 3 is 2.95 bits per heavy atom. The molecule has 3 nitrogen and oxygen atoms in total. The summed E-state index contributed by atoms with van der Waals surface area (Å²) in [7, 11) is 1.89. The molecule has 1 N–H and O–H groups in total. The van der Waals surface area contributed by atoms with Gasteiger partial charge < -0.3 is 10.1 Å². The smallest absolute Gasteiger partial charge is 0.146 e. The summed E-state index contributed by atoms with van der Waals surface area (Å²) >= 11 is 5.95. The number of hydrogen-bond donors (Lipinski definition) is 1. The highest BCUT2D eigenvalue weighted by atomic mass is 35.5. The van der Waals surface area contributed by atoms with Crippen molar-refractivity contribution in [2.45, 2.75) is 31.0 Å². The summed E-state index contributed by atoms with van der Waals surface area (Å²) < 4.78 is 20.3. The van der Waals surface area contributed by atoms with E-state index < -0.39 is 0 Å². The van der Waals surface area contributed by atoms with E-state index >= 15 is 0 Å². The Morgan fingerprint density at radius 2 is 2.25 bits per heavy atom. The highest BCUT2D eigenvalue weighted by Crippen LogP contribution is 2.40. The van der Waals surface area contributed by atoms with Gasteiger partial charge in [-0.3, -0.25) is 4.90 Å². The molecule has 2 fully saturated rings. The summed E-state index contributed by atoms with van der Waals surface area (Å²) in [4.78, 5) is 2.39. The zero-order chi connectivity index (χ0) is 14.1. The van der Waals surface area contributed by atoms with E-state index in [0.717, 1.165) is 6.54 Å². The molecule has 0 spiro atoms. The number of morpholine rings is 1. The number of nitrogens with one attached hydrogen (secondary N) is 1. The molecule has 1 saturated heterocycles. The van der Waals surface area contributed by atoms with E-state index in [4.69, 9.17) is 16.3 Å². The van der Waals surface area contributed by atoms with E-state index in [1.807, 2.05) is 19.2 Å². The first kappa shape index (κ1) is 14.3. The molecule has 2 atom stereocenters. The third-order valence-electron chi connectivity index (χ3n) is 4.11. The average Bonchev–Trinajstić information content (AvgIpc) is 3.27. The molecule has 20 heavy (non-hydrogen) atoms. The molecule has 5 heteroatoms. The highest BCUT2D eigenvalue weighted by Gasteiger charge is 2.42. The first-order valence-corrected chi connectivity index (χ1v) is 7.56. The minimum Gasteiger partial charge on any atom is -0.374 e. The Bertz CT molecular complexity index is 479. The van der Waals surface area contributed by atoms with Gasteiger partial charge in [0.1, 0.15) is 5.82 Å². The summed E-state index contributed by atoms with van der Waals surface area (Å²) in [5, 5.41) is 3.33. The second kappa shape index (κ2) is 5.98. The van der Waals surface area contributed by atoms with E-state index in [1.165, 1.54) is 12.8 Å². The third-order valence-corrected chi connectivity index (χ3v) is 4.40. The van der Waals surface area contributed by atoms with Crippen molar-refractivity contribution in [1.82, 2.24) is 10.2 Å². The van der Waals surface area contributed by atoms with Crippen molar-refractivity contribution in [1.29, 1.82) is 0 Å². The Hall–Kier alpha value is -0.680. The van der Waals surface area contributed by atoms with E-state index in [2.05, 4.69) is 10.2 Å². The van der Waals surface area contributed by atoms with Crippen LogP contribution in [0.3, 0.4) is 0 Å². The molecule has 0 amide bonds. The van der Waals surface area contributed by atoms with E-state index in [-0.39, 0.29) is 23.0 Å². The normalized spacial score (nSPS) is 27.8. The molecule has 1 heterocycles. The van der Waals surface area contributed by atoms with Gasteiger partial charge in [-0.2, -0.15) is 0 Å². The van der Waals surface area contributed by atoms with Crippen LogP contribution in [-0.2, 0) is 4.74 Å². The largest absolute Gasteiger partial charge is 0.374 e. The minimum absolute atomic E-state index is 0.0395. The lowest BCUT2D eigenvalue weighted by Crippen LogP contribution is -2.49. The molecule has 1 aliphatic heterocycles. The predicted octanol–water partition coefficient (Wildman–Crippen LogP) is 2.60. The second-order valence-corrected chi connectivity index (χ2v) is 5.93. The van der Waals surface area contributed by atoms with Crippen molar-refractivity contribution < 1.29 is 9.13 Å². The summed E-state index contributed by atoms with van der Waals surface area (Å²) in [5.41, 5.74) is 0.657. The Kier molecular flexibility index (Phi) is 4.26. The molecule has 0 bridgehead atoms. The van der Waals surface area contributed by atoms with Crippen LogP contribution in [0.2, 0.25) is 5.02 Å². The molecule has 110 valence electrons. The van der Waals surface area contributed by atoms with Crippen LogP contribution in [0.1, 0.15) is 24.4 Å². The summed E-state index contributed by atoms with van der Waals surface area (Å²) in [6.45, 7) is 2.28. The predicted molar refractivity (Wildman–Crippen MR) is 77.5 cm³/mol. The first-order valence-electron chi connectivity index (χ1n) is 7.18. The topological polar surface area (TPSA) is 24.5 Å². The maximum absolute atomic E-state index is 14.4. The second-order valence-electron chi connectivity index (χ2n) is 5.52. The average molecular weight is 299 g/mol. The summed E-state index contributed by atoms with van der Waals surface area (Å²) in [5.74, 6) is -0.309. The molecule has 0 aromatic heterocycles. The summed E-state index contributed by atoms with van der Waals surface area (Å²) in [6, 6.07) is 5.76. The Morgan fingerprint density at radius 1 is 1.45 bits per heavy atom. The van der Waals surface area contributed by atoms with Gasteiger partial charge in [0.2, 0.25) is 0 Å². The lowest BCUT2D eigenvalue weighted by atomic mass is 9.97. The number of rotatable bonds is 4. The SMILES string of the molecule is CNCC1OCCN(C2CC2)C1c1cccc(Cl)c1F. The van der Waals surface area contributed by atoms with Crippen molar-refractivity contribution >= 4 is 11.6 Å². The number of ether oxygens (including phenoxy) is 1. The third kappa shape index (κ3) is 2.70. The van der Waals surface area contributed by atoms with Crippen molar-refractivity contribution in [2.75, 3.05) is 26.7 Å². The molecule has 2 aliphatic rings. The molecular weight excluding hydrogens is 279 g/mol. The monoisotopic (exact) mass is 298 g/mol. The van der Waals surface area contributed by atoms with Gasteiger partial charge in [0, 0.05) is 24.7 Å². The number of benzene rings is 1. The molecular formula is C15H20ClFN2O. The van der Waals surface area contributed by atoms with Crippen molar-refractivity contribution in [3.8, 4) is 0 Å². The molecule has 1 saturated carbocycles. The molecule has 3 rings (SSSR count). The first-order chi connectivity index (χ1) is 9.72. The number of hydrogen-bond acceptors (Lipinski definition) is 3. The molecule has 1 aromatic carbocycles. The molecule has 1 aromatic rings. The Labute approximate surface area is 124 Å². The van der Waals surface area contributed by atoms with Gasteiger partial charge in [-0.15, -0.1) is 0 Å². The van der Waals surface area contributed by atoms with Crippen LogP contribution in [0.15, 0.2) is 18.2 Å². The maximum Gasteiger partial charge on any atom is 0.146 e. The molecule has 0 radical (unpaired) electrons. The molecule has 1 aliphatic carbocycles. The highest BCUT2D eigenvalue weighted by molar-refractivity contribution is 6.30. The van der Waals surface area contributed by atoms with Crippen molar-refractivity contribution in [3.05, 3.63) is 34.6 Å². The zero-order valence-electron chi connectivity index (χ0n) is 11.6. The maximum atomic E-state index is 14.4. The van der Waals surface area contributed by atoms with Crippen LogP contribution in [0.25, 0.3) is 0 Å². The van der Waals surface area contributed by atoms with Crippen LogP contribution >= 0.6 is 11.6 Å². The van der Waals surface area contributed by atoms with Crippen LogP contribution < -0.4 is 5.32 Å². The number of halogens is 2. The quantitative estimate of drug-likeness (QED) is 0.925. The number of nitrogens with zero attached hydrogens (tertiary/aromatic N) is 1. The molecule has 2 unspecified atom stereocenters.